The van der Waals surface area contributed by atoms with Crippen LogP contribution in [0.5, 0.6) is 5.75 Å². The molecule has 1 heterocycles. The summed E-state index contributed by atoms with van der Waals surface area (Å²) in [5, 5.41) is 2.92. The molecule has 5 nitrogen and oxygen atoms in total. The van der Waals surface area contributed by atoms with E-state index in [1.54, 1.807) is 18.9 Å². The Labute approximate surface area is 163 Å². The highest BCUT2D eigenvalue weighted by Crippen LogP contribution is 2.42. The number of rotatable bonds is 5. The normalized spacial score (nSPS) is 19.7. The number of benzene rings is 2. The molecule has 4 rings (SSSR count). The number of carbonyl (C=O) groups is 2. The van der Waals surface area contributed by atoms with Crippen LogP contribution >= 0.6 is 11.8 Å². The minimum atomic E-state index is -0.0673. The second-order valence-corrected chi connectivity index (χ2v) is 7.93. The summed E-state index contributed by atoms with van der Waals surface area (Å²) in [6.07, 6.45) is 3.12. The lowest BCUT2D eigenvalue weighted by molar-refractivity contribution is -0.122. The van der Waals surface area contributed by atoms with Gasteiger partial charge in [0.2, 0.25) is 11.8 Å². The largest absolute Gasteiger partial charge is 0.497 e. The topological polar surface area (TPSA) is 58.6 Å². The summed E-state index contributed by atoms with van der Waals surface area (Å²) in [4.78, 5) is 26.4. The minimum Gasteiger partial charge on any atom is -0.497 e. The van der Waals surface area contributed by atoms with Crippen molar-refractivity contribution in [3.05, 3.63) is 54.1 Å². The maximum atomic E-state index is 12.5. The van der Waals surface area contributed by atoms with Crippen molar-refractivity contribution in [1.29, 1.82) is 0 Å². The van der Waals surface area contributed by atoms with Gasteiger partial charge in [-0.3, -0.25) is 14.5 Å². The van der Waals surface area contributed by atoms with Gasteiger partial charge >= 0.3 is 0 Å². The van der Waals surface area contributed by atoms with Crippen LogP contribution in [0.2, 0.25) is 0 Å². The summed E-state index contributed by atoms with van der Waals surface area (Å²) < 4.78 is 5.20. The van der Waals surface area contributed by atoms with Crippen molar-refractivity contribution in [1.82, 2.24) is 0 Å². The van der Waals surface area contributed by atoms with Crippen molar-refractivity contribution >= 4 is 35.0 Å². The van der Waals surface area contributed by atoms with Gasteiger partial charge in [-0.2, -0.15) is 0 Å². The van der Waals surface area contributed by atoms with Gasteiger partial charge in [-0.05, 0) is 54.8 Å². The number of nitrogens with one attached hydrogen (secondary N) is 1. The molecule has 0 bridgehead atoms. The Kier molecular flexibility index (Phi) is 5.07. The van der Waals surface area contributed by atoms with Gasteiger partial charge in [-0.15, -0.1) is 11.8 Å². The van der Waals surface area contributed by atoms with Crippen LogP contribution < -0.4 is 15.0 Å². The third-order valence-corrected chi connectivity index (χ3v) is 6.37. The van der Waals surface area contributed by atoms with Gasteiger partial charge in [0.15, 0.2) is 0 Å². The van der Waals surface area contributed by atoms with E-state index in [1.165, 1.54) is 0 Å². The van der Waals surface area contributed by atoms with Crippen LogP contribution in [0.3, 0.4) is 0 Å². The summed E-state index contributed by atoms with van der Waals surface area (Å²) in [7, 11) is 1.62. The number of carbonyl (C=O) groups excluding carboxylic acids is 2. The minimum absolute atomic E-state index is 0.0673. The van der Waals surface area contributed by atoms with Crippen LogP contribution in [0.15, 0.2) is 48.5 Å². The van der Waals surface area contributed by atoms with Crippen LogP contribution in [0, 0.1) is 5.92 Å². The molecule has 1 N–H and O–H groups in total. The fourth-order valence-electron chi connectivity index (χ4n) is 3.34. The number of anilines is 2. The summed E-state index contributed by atoms with van der Waals surface area (Å²) in [5.41, 5.74) is 2.71. The molecule has 1 saturated heterocycles. The van der Waals surface area contributed by atoms with E-state index in [2.05, 4.69) is 5.32 Å². The van der Waals surface area contributed by atoms with Gasteiger partial charge in [-0.25, -0.2) is 0 Å². The van der Waals surface area contributed by atoms with Gasteiger partial charge in [0, 0.05) is 17.3 Å². The molecule has 27 heavy (non-hydrogen) atoms. The first kappa shape index (κ1) is 17.9. The molecule has 2 fully saturated rings. The molecule has 1 aliphatic carbocycles. The maximum Gasteiger partial charge on any atom is 0.238 e. The Bertz CT molecular complexity index is 832. The lowest BCUT2D eigenvalue weighted by Crippen LogP contribution is -2.28. The SMILES string of the molecule is COc1ccc(N2C(=O)CSC2c2ccc(NC(=O)C3CCC3)cc2)cc1. The first-order valence-electron chi connectivity index (χ1n) is 9.14. The van der Waals surface area contributed by atoms with E-state index in [1.807, 2.05) is 53.4 Å². The lowest BCUT2D eigenvalue weighted by Gasteiger charge is -2.25. The van der Waals surface area contributed by atoms with Crippen LogP contribution in [0.1, 0.15) is 30.2 Å². The van der Waals surface area contributed by atoms with Crippen molar-refractivity contribution in [2.24, 2.45) is 5.92 Å². The summed E-state index contributed by atoms with van der Waals surface area (Å²) in [6, 6.07) is 15.4. The molecule has 0 radical (unpaired) electrons. The molecule has 2 aromatic rings. The number of ether oxygens (including phenoxy) is 1. The Morgan fingerprint density at radius 1 is 1.11 bits per heavy atom. The molecule has 0 spiro atoms. The Morgan fingerprint density at radius 2 is 1.81 bits per heavy atom. The van der Waals surface area contributed by atoms with E-state index in [0.29, 0.717) is 5.75 Å². The molecule has 1 saturated carbocycles. The van der Waals surface area contributed by atoms with E-state index in [-0.39, 0.29) is 23.1 Å². The smallest absolute Gasteiger partial charge is 0.238 e. The first-order chi connectivity index (χ1) is 13.2. The second kappa shape index (κ2) is 7.64. The van der Waals surface area contributed by atoms with E-state index in [4.69, 9.17) is 4.74 Å². The number of thioether (sulfide) groups is 1. The zero-order chi connectivity index (χ0) is 18.8. The van der Waals surface area contributed by atoms with E-state index < -0.39 is 0 Å². The summed E-state index contributed by atoms with van der Waals surface area (Å²) in [6.45, 7) is 0. The molecule has 0 aromatic heterocycles. The third kappa shape index (κ3) is 3.67. The number of hydrogen-bond donors (Lipinski definition) is 1. The quantitative estimate of drug-likeness (QED) is 0.841. The molecule has 6 heteroatoms. The zero-order valence-electron chi connectivity index (χ0n) is 15.2. The second-order valence-electron chi connectivity index (χ2n) is 6.86. The first-order valence-corrected chi connectivity index (χ1v) is 10.2. The molecular weight excluding hydrogens is 360 g/mol. The molecular formula is C21H22N2O3S. The highest BCUT2D eigenvalue weighted by Gasteiger charge is 2.34. The fraction of sp³-hybridized carbons (Fsp3) is 0.333. The van der Waals surface area contributed by atoms with Crippen molar-refractivity contribution in [2.45, 2.75) is 24.6 Å². The summed E-state index contributed by atoms with van der Waals surface area (Å²) >= 11 is 1.61. The molecule has 2 aliphatic rings. The van der Waals surface area contributed by atoms with Gasteiger partial charge < -0.3 is 10.1 Å². The Balaban J connectivity index is 1.50. The Morgan fingerprint density at radius 3 is 2.41 bits per heavy atom. The Hall–Kier alpha value is -2.47. The lowest BCUT2D eigenvalue weighted by atomic mass is 9.85. The maximum absolute atomic E-state index is 12.5. The van der Waals surface area contributed by atoms with Gasteiger partial charge in [0.25, 0.3) is 0 Å². The van der Waals surface area contributed by atoms with E-state index in [0.717, 1.165) is 42.0 Å². The average molecular weight is 382 g/mol. The van der Waals surface area contributed by atoms with Crippen molar-refractivity contribution < 1.29 is 14.3 Å². The zero-order valence-corrected chi connectivity index (χ0v) is 16.0. The van der Waals surface area contributed by atoms with Crippen molar-refractivity contribution in [2.75, 3.05) is 23.1 Å². The van der Waals surface area contributed by atoms with Gasteiger partial charge in [0.1, 0.15) is 11.1 Å². The van der Waals surface area contributed by atoms with E-state index >= 15 is 0 Å². The predicted molar refractivity (Wildman–Crippen MR) is 108 cm³/mol. The number of amides is 2. The van der Waals surface area contributed by atoms with Crippen LogP contribution in [0.25, 0.3) is 0 Å². The van der Waals surface area contributed by atoms with E-state index in [9.17, 15) is 9.59 Å². The molecule has 2 amide bonds. The average Bonchev–Trinajstić information content (AvgIpc) is 3.02. The van der Waals surface area contributed by atoms with Gasteiger partial charge in [0.05, 0.1) is 12.9 Å². The fourth-order valence-corrected chi connectivity index (χ4v) is 4.52. The third-order valence-electron chi connectivity index (χ3n) is 5.16. The molecule has 1 atom stereocenters. The van der Waals surface area contributed by atoms with Crippen molar-refractivity contribution in [3.8, 4) is 5.75 Å². The van der Waals surface area contributed by atoms with Crippen LogP contribution in [0.4, 0.5) is 11.4 Å². The molecule has 1 unspecified atom stereocenters. The monoisotopic (exact) mass is 382 g/mol. The molecule has 140 valence electrons. The predicted octanol–water partition coefficient (Wildman–Crippen LogP) is 4.21. The van der Waals surface area contributed by atoms with Crippen molar-refractivity contribution in [3.63, 3.8) is 0 Å². The standard InChI is InChI=1S/C21H22N2O3S/c1-26-18-11-9-17(10-12-18)23-19(24)13-27-21(23)15-5-7-16(8-6-15)22-20(25)14-3-2-4-14/h5-12,14,21H,2-4,13H2,1H3,(H,22,25). The summed E-state index contributed by atoms with van der Waals surface area (Å²) in [5.74, 6) is 1.59. The number of nitrogens with zero attached hydrogens (tertiary/aromatic N) is 1. The van der Waals surface area contributed by atoms with Crippen LogP contribution in [-0.4, -0.2) is 24.7 Å². The highest BCUT2D eigenvalue weighted by molar-refractivity contribution is 8.00. The molecule has 2 aromatic carbocycles. The van der Waals surface area contributed by atoms with Crippen LogP contribution in [-0.2, 0) is 9.59 Å². The number of methoxy groups -OCH3 is 1. The molecule has 1 aliphatic heterocycles. The highest BCUT2D eigenvalue weighted by atomic mass is 32.2. The van der Waals surface area contributed by atoms with Gasteiger partial charge in [-0.1, -0.05) is 18.6 Å². The number of hydrogen-bond acceptors (Lipinski definition) is 4.